The molecule has 1 amide bonds. The van der Waals surface area contributed by atoms with Gasteiger partial charge in [0.2, 0.25) is 0 Å². The van der Waals surface area contributed by atoms with E-state index in [4.69, 9.17) is 9.94 Å². The van der Waals surface area contributed by atoms with Gasteiger partial charge in [0.1, 0.15) is 18.7 Å². The van der Waals surface area contributed by atoms with Crippen molar-refractivity contribution in [1.29, 1.82) is 0 Å². The molecular formula is C20H16N4O3. The highest BCUT2D eigenvalue weighted by Gasteiger charge is 2.10. The van der Waals surface area contributed by atoms with Gasteiger partial charge >= 0.3 is 0 Å². The summed E-state index contributed by atoms with van der Waals surface area (Å²) < 4.78 is 7.62. The van der Waals surface area contributed by atoms with Crippen LogP contribution in [0.25, 0.3) is 16.7 Å². The van der Waals surface area contributed by atoms with E-state index in [1.807, 2.05) is 47.0 Å². The zero-order valence-electron chi connectivity index (χ0n) is 14.2. The molecular weight excluding hydrogens is 344 g/mol. The van der Waals surface area contributed by atoms with Gasteiger partial charge in [0.05, 0.1) is 16.7 Å². The van der Waals surface area contributed by atoms with Gasteiger partial charge in [-0.2, -0.15) is 0 Å². The number of aromatic nitrogens is 3. The average molecular weight is 360 g/mol. The fourth-order valence-electron chi connectivity index (χ4n) is 2.76. The van der Waals surface area contributed by atoms with Crippen molar-refractivity contribution in [3.8, 4) is 11.4 Å². The molecule has 7 heteroatoms. The van der Waals surface area contributed by atoms with E-state index in [1.165, 1.54) is 0 Å². The molecule has 2 aromatic carbocycles. The molecule has 27 heavy (non-hydrogen) atoms. The van der Waals surface area contributed by atoms with Crippen LogP contribution in [0.3, 0.4) is 0 Å². The van der Waals surface area contributed by atoms with E-state index < -0.39 is 5.91 Å². The second kappa shape index (κ2) is 7.27. The Hall–Kier alpha value is -3.71. The van der Waals surface area contributed by atoms with E-state index in [2.05, 4.69) is 9.97 Å². The molecule has 0 atom stereocenters. The normalized spacial score (nSPS) is 10.7. The second-order valence-corrected chi connectivity index (χ2v) is 5.86. The van der Waals surface area contributed by atoms with Crippen LogP contribution in [-0.2, 0) is 6.61 Å². The minimum Gasteiger partial charge on any atom is -0.487 e. The summed E-state index contributed by atoms with van der Waals surface area (Å²) in [6.07, 6.45) is 3.42. The number of fused-ring (bicyclic) bond motifs is 1. The first-order chi connectivity index (χ1) is 13.2. The summed E-state index contributed by atoms with van der Waals surface area (Å²) in [5, 5.41) is 8.82. The minimum atomic E-state index is -0.567. The van der Waals surface area contributed by atoms with Crippen LogP contribution in [0.5, 0.6) is 5.75 Å². The number of nitrogens with one attached hydrogen (secondary N) is 1. The third kappa shape index (κ3) is 3.49. The predicted molar refractivity (Wildman–Crippen MR) is 98.9 cm³/mol. The van der Waals surface area contributed by atoms with Gasteiger partial charge in [-0.3, -0.25) is 19.6 Å². The number of imidazole rings is 1. The molecule has 0 aliphatic heterocycles. The number of hydrogen-bond acceptors (Lipinski definition) is 5. The Labute approximate surface area is 154 Å². The lowest BCUT2D eigenvalue weighted by molar-refractivity contribution is 0.0706. The molecule has 4 aromatic rings. The predicted octanol–water partition coefficient (Wildman–Crippen LogP) is 3.12. The van der Waals surface area contributed by atoms with Crippen LogP contribution in [-0.4, -0.2) is 25.6 Å². The monoisotopic (exact) mass is 360 g/mol. The average Bonchev–Trinajstić information content (AvgIpc) is 3.16. The molecule has 0 aliphatic rings. The number of rotatable bonds is 5. The number of amides is 1. The largest absolute Gasteiger partial charge is 0.487 e. The van der Waals surface area contributed by atoms with Crippen molar-refractivity contribution in [2.24, 2.45) is 0 Å². The Balaban J connectivity index is 1.57. The molecule has 134 valence electrons. The van der Waals surface area contributed by atoms with Gasteiger partial charge in [-0.25, -0.2) is 10.5 Å². The highest BCUT2D eigenvalue weighted by Crippen LogP contribution is 2.22. The lowest BCUT2D eigenvalue weighted by atomic mass is 10.2. The van der Waals surface area contributed by atoms with Crippen molar-refractivity contribution < 1.29 is 14.7 Å². The van der Waals surface area contributed by atoms with Gasteiger partial charge in [-0.15, -0.1) is 0 Å². The SMILES string of the molecule is O=C(NO)c1ccc2ncn(-c3ccc(OCc4ccccn4)cc3)c2c1. The first kappa shape index (κ1) is 16.7. The van der Waals surface area contributed by atoms with Crippen molar-refractivity contribution in [2.45, 2.75) is 6.61 Å². The summed E-state index contributed by atoms with van der Waals surface area (Å²) in [7, 11) is 0. The molecule has 0 saturated carbocycles. The van der Waals surface area contributed by atoms with Gasteiger partial charge in [0, 0.05) is 17.4 Å². The van der Waals surface area contributed by atoms with E-state index in [1.54, 1.807) is 36.2 Å². The standard InChI is InChI=1S/C20H16N4O3/c25-20(23-26)14-4-9-18-19(11-14)24(13-22-18)16-5-7-17(8-6-16)27-12-15-3-1-2-10-21-15/h1-11,13,26H,12H2,(H,23,25). The van der Waals surface area contributed by atoms with Gasteiger partial charge in [-0.05, 0) is 54.6 Å². The summed E-state index contributed by atoms with van der Waals surface area (Å²) in [4.78, 5) is 20.2. The van der Waals surface area contributed by atoms with Gasteiger partial charge < -0.3 is 4.74 Å². The Kier molecular flexibility index (Phi) is 4.51. The number of pyridine rings is 1. The highest BCUT2D eigenvalue weighted by atomic mass is 16.5. The molecule has 2 N–H and O–H groups in total. The lowest BCUT2D eigenvalue weighted by Crippen LogP contribution is -2.18. The van der Waals surface area contributed by atoms with Crippen molar-refractivity contribution in [3.05, 3.63) is 84.4 Å². The van der Waals surface area contributed by atoms with Crippen LogP contribution in [0, 0.1) is 0 Å². The van der Waals surface area contributed by atoms with Crippen LogP contribution >= 0.6 is 0 Å². The maximum Gasteiger partial charge on any atom is 0.274 e. The minimum absolute atomic E-state index is 0.349. The molecule has 2 aromatic heterocycles. The number of carbonyl (C=O) groups excluding carboxylic acids is 1. The van der Waals surface area contributed by atoms with Crippen LogP contribution < -0.4 is 10.2 Å². The summed E-state index contributed by atoms with van der Waals surface area (Å²) in [6.45, 7) is 0.397. The van der Waals surface area contributed by atoms with Gasteiger partial charge in [-0.1, -0.05) is 6.07 Å². The molecule has 0 aliphatic carbocycles. The third-order valence-electron chi connectivity index (χ3n) is 4.14. The molecule has 0 unspecified atom stereocenters. The molecule has 0 bridgehead atoms. The molecule has 0 spiro atoms. The summed E-state index contributed by atoms with van der Waals surface area (Å²) in [5.41, 5.74) is 5.24. The number of nitrogens with zero attached hydrogens (tertiary/aromatic N) is 3. The topological polar surface area (TPSA) is 89.3 Å². The van der Waals surface area contributed by atoms with Gasteiger partial charge in [0.15, 0.2) is 0 Å². The van der Waals surface area contributed by atoms with E-state index >= 15 is 0 Å². The number of hydrogen-bond donors (Lipinski definition) is 2. The third-order valence-corrected chi connectivity index (χ3v) is 4.14. The molecule has 2 heterocycles. The van der Waals surface area contributed by atoms with Crippen LogP contribution in [0.1, 0.15) is 16.1 Å². The second-order valence-electron chi connectivity index (χ2n) is 5.86. The fourth-order valence-corrected chi connectivity index (χ4v) is 2.76. The van der Waals surface area contributed by atoms with Crippen molar-refractivity contribution in [2.75, 3.05) is 0 Å². The zero-order chi connectivity index (χ0) is 18.6. The number of benzene rings is 2. The lowest BCUT2D eigenvalue weighted by Gasteiger charge is -2.08. The zero-order valence-corrected chi connectivity index (χ0v) is 14.2. The van der Waals surface area contributed by atoms with E-state index in [9.17, 15) is 4.79 Å². The van der Waals surface area contributed by atoms with E-state index in [-0.39, 0.29) is 0 Å². The molecule has 4 rings (SSSR count). The molecule has 0 saturated heterocycles. The number of ether oxygens (including phenoxy) is 1. The van der Waals surface area contributed by atoms with Gasteiger partial charge in [0.25, 0.3) is 5.91 Å². The maximum absolute atomic E-state index is 11.6. The van der Waals surface area contributed by atoms with Crippen LogP contribution in [0.4, 0.5) is 0 Å². The molecule has 0 radical (unpaired) electrons. The summed E-state index contributed by atoms with van der Waals surface area (Å²) >= 11 is 0. The molecule has 7 nitrogen and oxygen atoms in total. The Morgan fingerprint density at radius 2 is 1.93 bits per heavy atom. The Morgan fingerprint density at radius 3 is 2.67 bits per heavy atom. The first-order valence-corrected chi connectivity index (χ1v) is 8.29. The smallest absolute Gasteiger partial charge is 0.274 e. The van der Waals surface area contributed by atoms with Crippen molar-refractivity contribution >= 4 is 16.9 Å². The first-order valence-electron chi connectivity index (χ1n) is 8.29. The quantitative estimate of drug-likeness (QED) is 0.422. The Bertz CT molecular complexity index is 1080. The van der Waals surface area contributed by atoms with E-state index in [0.29, 0.717) is 12.2 Å². The number of carbonyl (C=O) groups is 1. The van der Waals surface area contributed by atoms with Crippen LogP contribution in [0.2, 0.25) is 0 Å². The van der Waals surface area contributed by atoms with Crippen molar-refractivity contribution in [3.63, 3.8) is 0 Å². The molecule has 0 fully saturated rings. The fraction of sp³-hybridized carbons (Fsp3) is 0.0500. The summed E-state index contributed by atoms with van der Waals surface area (Å²) in [6, 6.07) is 18.3. The number of hydroxylamine groups is 1. The Morgan fingerprint density at radius 1 is 1.07 bits per heavy atom. The maximum atomic E-state index is 11.6. The highest BCUT2D eigenvalue weighted by molar-refractivity contribution is 5.96. The van der Waals surface area contributed by atoms with Crippen molar-refractivity contribution in [1.82, 2.24) is 20.0 Å². The summed E-state index contributed by atoms with van der Waals surface area (Å²) in [5.74, 6) is 0.164. The van der Waals surface area contributed by atoms with E-state index in [0.717, 1.165) is 28.2 Å². The van der Waals surface area contributed by atoms with Crippen LogP contribution in [0.15, 0.2) is 73.2 Å².